The third kappa shape index (κ3) is 4.83. The van der Waals surface area contributed by atoms with Crippen molar-refractivity contribution in [2.75, 3.05) is 48.8 Å². The molecule has 1 unspecified atom stereocenters. The van der Waals surface area contributed by atoms with Crippen molar-refractivity contribution in [2.45, 2.75) is 24.3 Å². The standard InChI is InChI=1S/C24H27N3O6S/c1-3-33-24(30)17-4-6-19(7-5-17)27-22(28)16-21(23(27)29)26-14-12-25(13-15-26)18-8-10-20(11-9-18)34(2,31)32/h4-11,21H,3,12-16H2,1-2H3. The van der Waals surface area contributed by atoms with Gasteiger partial charge in [-0.1, -0.05) is 0 Å². The van der Waals surface area contributed by atoms with Gasteiger partial charge in [0.1, 0.15) is 0 Å². The lowest BCUT2D eigenvalue weighted by Gasteiger charge is -2.38. The molecule has 0 aromatic heterocycles. The van der Waals surface area contributed by atoms with Gasteiger partial charge in [-0.05, 0) is 55.5 Å². The second-order valence-corrected chi connectivity index (χ2v) is 10.4. The zero-order valence-corrected chi connectivity index (χ0v) is 20.0. The van der Waals surface area contributed by atoms with Crippen molar-refractivity contribution in [1.29, 1.82) is 0 Å². The predicted octanol–water partition coefficient (Wildman–Crippen LogP) is 1.72. The van der Waals surface area contributed by atoms with Gasteiger partial charge in [-0.25, -0.2) is 18.1 Å². The molecular weight excluding hydrogens is 458 g/mol. The summed E-state index contributed by atoms with van der Waals surface area (Å²) >= 11 is 0. The highest BCUT2D eigenvalue weighted by Gasteiger charge is 2.43. The van der Waals surface area contributed by atoms with E-state index in [0.717, 1.165) is 5.69 Å². The summed E-state index contributed by atoms with van der Waals surface area (Å²) in [6, 6.07) is 12.5. The molecule has 2 fully saturated rings. The average Bonchev–Trinajstić information content (AvgIpc) is 3.12. The molecule has 10 heteroatoms. The van der Waals surface area contributed by atoms with Crippen molar-refractivity contribution in [3.63, 3.8) is 0 Å². The predicted molar refractivity (Wildman–Crippen MR) is 127 cm³/mol. The number of piperazine rings is 1. The van der Waals surface area contributed by atoms with Crippen LogP contribution in [0.3, 0.4) is 0 Å². The van der Waals surface area contributed by atoms with Crippen LogP contribution in [0.2, 0.25) is 0 Å². The van der Waals surface area contributed by atoms with E-state index in [2.05, 4.69) is 4.90 Å². The zero-order chi connectivity index (χ0) is 24.5. The Morgan fingerprint density at radius 2 is 1.53 bits per heavy atom. The van der Waals surface area contributed by atoms with E-state index in [1.165, 1.54) is 11.2 Å². The fourth-order valence-electron chi connectivity index (χ4n) is 4.33. The normalized spacial score (nSPS) is 19.5. The number of hydrogen-bond acceptors (Lipinski definition) is 8. The quantitative estimate of drug-likeness (QED) is 0.450. The Hall–Kier alpha value is -3.24. The highest BCUT2D eigenvalue weighted by molar-refractivity contribution is 7.90. The van der Waals surface area contributed by atoms with Crippen LogP contribution in [-0.2, 0) is 24.2 Å². The number of nitrogens with zero attached hydrogens (tertiary/aromatic N) is 3. The van der Waals surface area contributed by atoms with Gasteiger partial charge in [0.05, 0.1) is 35.2 Å². The van der Waals surface area contributed by atoms with Gasteiger partial charge in [0.25, 0.3) is 5.91 Å². The van der Waals surface area contributed by atoms with Crippen LogP contribution in [0, 0.1) is 0 Å². The fraction of sp³-hybridized carbons (Fsp3) is 0.375. The third-order valence-corrected chi connectivity index (χ3v) is 7.27. The molecule has 2 aliphatic heterocycles. The molecule has 1 atom stereocenters. The number of carbonyl (C=O) groups excluding carboxylic acids is 3. The monoisotopic (exact) mass is 485 g/mol. The molecular formula is C24H27N3O6S. The van der Waals surface area contributed by atoms with E-state index in [4.69, 9.17) is 4.74 Å². The van der Waals surface area contributed by atoms with E-state index >= 15 is 0 Å². The minimum absolute atomic E-state index is 0.113. The van der Waals surface area contributed by atoms with E-state index < -0.39 is 21.8 Å². The Kier molecular flexibility index (Phi) is 6.72. The summed E-state index contributed by atoms with van der Waals surface area (Å²) in [7, 11) is -3.24. The van der Waals surface area contributed by atoms with Gasteiger partial charge in [-0.3, -0.25) is 14.5 Å². The van der Waals surface area contributed by atoms with Crippen LogP contribution < -0.4 is 9.80 Å². The summed E-state index contributed by atoms with van der Waals surface area (Å²) in [5.41, 5.74) is 1.72. The van der Waals surface area contributed by atoms with Crippen LogP contribution in [0.5, 0.6) is 0 Å². The van der Waals surface area contributed by atoms with Crippen molar-refractivity contribution in [3.8, 4) is 0 Å². The van der Waals surface area contributed by atoms with E-state index in [0.29, 0.717) is 37.4 Å². The van der Waals surface area contributed by atoms with Gasteiger partial charge in [0.2, 0.25) is 5.91 Å². The Balaban J connectivity index is 1.39. The highest BCUT2D eigenvalue weighted by atomic mass is 32.2. The summed E-state index contributed by atoms with van der Waals surface area (Å²) in [4.78, 5) is 43.3. The van der Waals surface area contributed by atoms with Crippen LogP contribution in [0.1, 0.15) is 23.7 Å². The molecule has 0 aliphatic carbocycles. The number of carbonyl (C=O) groups is 3. The molecule has 2 aliphatic rings. The first-order chi connectivity index (χ1) is 16.2. The molecule has 0 N–H and O–H groups in total. The summed E-state index contributed by atoms with van der Waals surface area (Å²) in [6.07, 6.45) is 1.29. The lowest BCUT2D eigenvalue weighted by Crippen LogP contribution is -2.52. The smallest absolute Gasteiger partial charge is 0.338 e. The number of ether oxygens (including phenoxy) is 1. The summed E-state index contributed by atoms with van der Waals surface area (Å²) in [5.74, 6) is -0.979. The first-order valence-corrected chi connectivity index (χ1v) is 13.0. The number of imide groups is 1. The summed E-state index contributed by atoms with van der Waals surface area (Å²) in [5, 5.41) is 0. The Bertz CT molecular complexity index is 1190. The van der Waals surface area contributed by atoms with Crippen LogP contribution in [-0.4, -0.2) is 76.2 Å². The van der Waals surface area contributed by atoms with Crippen molar-refractivity contribution >= 4 is 39.0 Å². The fourth-order valence-corrected chi connectivity index (χ4v) is 4.96. The number of esters is 1. The molecule has 180 valence electrons. The topological polar surface area (TPSA) is 104 Å². The van der Waals surface area contributed by atoms with Gasteiger partial charge in [-0.15, -0.1) is 0 Å². The third-order valence-electron chi connectivity index (χ3n) is 6.14. The highest BCUT2D eigenvalue weighted by Crippen LogP contribution is 2.28. The Morgan fingerprint density at radius 1 is 0.941 bits per heavy atom. The molecule has 34 heavy (non-hydrogen) atoms. The Morgan fingerprint density at radius 3 is 2.09 bits per heavy atom. The van der Waals surface area contributed by atoms with Crippen LogP contribution in [0.15, 0.2) is 53.4 Å². The lowest BCUT2D eigenvalue weighted by molar-refractivity contribution is -0.123. The van der Waals surface area contributed by atoms with Gasteiger partial charge in [0, 0.05) is 38.1 Å². The molecule has 9 nitrogen and oxygen atoms in total. The lowest BCUT2D eigenvalue weighted by atomic mass is 10.1. The molecule has 0 bridgehead atoms. The number of anilines is 2. The molecule has 0 saturated carbocycles. The molecule has 2 heterocycles. The average molecular weight is 486 g/mol. The summed E-state index contributed by atoms with van der Waals surface area (Å²) in [6.45, 7) is 4.52. The molecule has 2 amide bonds. The first kappa shape index (κ1) is 23.9. The molecule has 2 saturated heterocycles. The van der Waals surface area contributed by atoms with Crippen LogP contribution in [0.4, 0.5) is 11.4 Å². The maximum absolute atomic E-state index is 13.1. The second-order valence-electron chi connectivity index (χ2n) is 8.34. The number of sulfone groups is 1. The molecule has 0 radical (unpaired) electrons. The second kappa shape index (κ2) is 9.55. The van der Waals surface area contributed by atoms with E-state index in [1.807, 2.05) is 4.90 Å². The molecule has 0 spiro atoms. The number of rotatable bonds is 6. The van der Waals surface area contributed by atoms with Crippen LogP contribution in [0.25, 0.3) is 0 Å². The maximum atomic E-state index is 13.1. The van der Waals surface area contributed by atoms with Gasteiger partial charge in [-0.2, -0.15) is 0 Å². The first-order valence-electron chi connectivity index (χ1n) is 11.1. The molecule has 2 aromatic rings. The van der Waals surface area contributed by atoms with E-state index in [1.54, 1.807) is 55.5 Å². The Labute approximate surface area is 198 Å². The van der Waals surface area contributed by atoms with E-state index in [9.17, 15) is 22.8 Å². The number of hydrogen-bond donors (Lipinski definition) is 0. The number of benzene rings is 2. The maximum Gasteiger partial charge on any atom is 0.338 e. The van der Waals surface area contributed by atoms with Gasteiger partial charge < -0.3 is 9.64 Å². The number of amides is 2. The van der Waals surface area contributed by atoms with Gasteiger partial charge >= 0.3 is 5.97 Å². The van der Waals surface area contributed by atoms with E-state index in [-0.39, 0.29) is 29.7 Å². The zero-order valence-electron chi connectivity index (χ0n) is 19.1. The van der Waals surface area contributed by atoms with Crippen molar-refractivity contribution < 1.29 is 27.5 Å². The summed E-state index contributed by atoms with van der Waals surface area (Å²) < 4.78 is 28.3. The SMILES string of the molecule is CCOC(=O)c1ccc(N2C(=O)CC(N3CCN(c4ccc(S(C)(=O)=O)cc4)CC3)C2=O)cc1. The van der Waals surface area contributed by atoms with Crippen molar-refractivity contribution in [1.82, 2.24) is 4.90 Å². The minimum Gasteiger partial charge on any atom is -0.462 e. The van der Waals surface area contributed by atoms with Crippen molar-refractivity contribution in [3.05, 3.63) is 54.1 Å². The molecule has 2 aromatic carbocycles. The van der Waals surface area contributed by atoms with Gasteiger partial charge in [0.15, 0.2) is 9.84 Å². The minimum atomic E-state index is -3.24. The largest absolute Gasteiger partial charge is 0.462 e. The molecule has 4 rings (SSSR count). The van der Waals surface area contributed by atoms with Crippen molar-refractivity contribution in [2.24, 2.45) is 0 Å². The van der Waals surface area contributed by atoms with Crippen LogP contribution >= 0.6 is 0 Å².